The molecule has 2 rings (SSSR count). The lowest BCUT2D eigenvalue weighted by atomic mass is 9.76. The van der Waals surface area contributed by atoms with Gasteiger partial charge in [0.05, 0.1) is 6.61 Å². The lowest BCUT2D eigenvalue weighted by molar-refractivity contribution is 0.0317. The largest absolute Gasteiger partial charge is 0.381 e. The van der Waals surface area contributed by atoms with Crippen molar-refractivity contribution in [2.75, 3.05) is 46.4 Å². The van der Waals surface area contributed by atoms with Crippen LogP contribution in [-0.2, 0) is 4.74 Å². The van der Waals surface area contributed by atoms with Gasteiger partial charge in [-0.25, -0.2) is 0 Å². The summed E-state index contributed by atoms with van der Waals surface area (Å²) in [4.78, 5) is 2.57. The number of piperidine rings is 1. The van der Waals surface area contributed by atoms with Crippen molar-refractivity contribution in [3.8, 4) is 0 Å². The normalized spacial score (nSPS) is 32.7. The smallest absolute Gasteiger partial charge is 0.0506 e. The van der Waals surface area contributed by atoms with Crippen LogP contribution in [0.15, 0.2) is 0 Å². The van der Waals surface area contributed by atoms with E-state index in [1.165, 1.54) is 64.7 Å². The number of rotatable bonds is 6. The third kappa shape index (κ3) is 4.73. The van der Waals surface area contributed by atoms with Crippen molar-refractivity contribution < 1.29 is 4.74 Å². The molecule has 19 heavy (non-hydrogen) atoms. The molecule has 0 aromatic carbocycles. The van der Waals surface area contributed by atoms with Crippen LogP contribution >= 0.6 is 0 Å². The maximum absolute atomic E-state index is 5.61. The zero-order chi connectivity index (χ0) is 13.6. The molecule has 0 spiro atoms. The first-order valence-electron chi connectivity index (χ1n) is 8.21. The maximum atomic E-state index is 5.61. The van der Waals surface area contributed by atoms with Gasteiger partial charge in [-0.15, -0.1) is 0 Å². The highest BCUT2D eigenvalue weighted by Crippen LogP contribution is 2.32. The second kappa shape index (κ2) is 7.61. The van der Waals surface area contributed by atoms with Crippen LogP contribution in [0.5, 0.6) is 0 Å². The van der Waals surface area contributed by atoms with Gasteiger partial charge in [-0.2, -0.15) is 0 Å². The molecule has 0 saturated carbocycles. The molecule has 2 aliphatic rings. The van der Waals surface area contributed by atoms with Gasteiger partial charge < -0.3 is 15.0 Å². The monoisotopic (exact) mass is 268 g/mol. The van der Waals surface area contributed by atoms with E-state index in [0.717, 1.165) is 19.1 Å². The first kappa shape index (κ1) is 15.3. The fourth-order valence-corrected chi connectivity index (χ4v) is 4.02. The molecule has 0 aromatic rings. The molecule has 0 bridgehead atoms. The van der Waals surface area contributed by atoms with Gasteiger partial charge in [-0.05, 0) is 57.0 Å². The third-order valence-electron chi connectivity index (χ3n) is 4.77. The fourth-order valence-electron chi connectivity index (χ4n) is 4.02. The average molecular weight is 268 g/mol. The SMILES string of the molecule is CCCC1(CN(C)CC2CCCOC2)CCCNC1. The summed E-state index contributed by atoms with van der Waals surface area (Å²) in [6.45, 7) is 9.17. The summed E-state index contributed by atoms with van der Waals surface area (Å²) in [6.07, 6.45) is 8.02. The van der Waals surface area contributed by atoms with Crippen molar-refractivity contribution in [2.24, 2.45) is 11.3 Å². The molecule has 2 saturated heterocycles. The van der Waals surface area contributed by atoms with E-state index in [4.69, 9.17) is 4.74 Å². The predicted octanol–water partition coefficient (Wildman–Crippen LogP) is 2.51. The Kier molecular flexibility index (Phi) is 6.11. The van der Waals surface area contributed by atoms with Gasteiger partial charge in [0.25, 0.3) is 0 Å². The van der Waals surface area contributed by atoms with E-state index in [9.17, 15) is 0 Å². The Bertz CT molecular complexity index is 240. The van der Waals surface area contributed by atoms with Crippen LogP contribution in [0, 0.1) is 11.3 Å². The lowest BCUT2D eigenvalue weighted by Crippen LogP contribution is -2.47. The predicted molar refractivity (Wildman–Crippen MR) is 80.5 cm³/mol. The van der Waals surface area contributed by atoms with Gasteiger partial charge in [0, 0.05) is 26.2 Å². The molecule has 0 amide bonds. The van der Waals surface area contributed by atoms with Crippen LogP contribution in [0.1, 0.15) is 45.4 Å². The van der Waals surface area contributed by atoms with Crippen LogP contribution in [0.25, 0.3) is 0 Å². The number of nitrogens with one attached hydrogen (secondary N) is 1. The Morgan fingerprint density at radius 2 is 2.26 bits per heavy atom. The Morgan fingerprint density at radius 1 is 1.37 bits per heavy atom. The molecule has 2 unspecified atom stereocenters. The summed E-state index contributed by atoms with van der Waals surface area (Å²) >= 11 is 0. The minimum Gasteiger partial charge on any atom is -0.381 e. The standard InChI is InChI=1S/C16H32N2O/c1-3-7-16(8-5-9-17-13-16)14-18(2)11-15-6-4-10-19-12-15/h15,17H,3-14H2,1-2H3. The summed E-state index contributed by atoms with van der Waals surface area (Å²) in [7, 11) is 2.31. The summed E-state index contributed by atoms with van der Waals surface area (Å²) < 4.78 is 5.61. The summed E-state index contributed by atoms with van der Waals surface area (Å²) in [5.41, 5.74) is 0.525. The molecule has 2 fully saturated rings. The second-order valence-corrected chi connectivity index (χ2v) is 6.81. The van der Waals surface area contributed by atoms with Crippen molar-refractivity contribution in [3.63, 3.8) is 0 Å². The lowest BCUT2D eigenvalue weighted by Gasteiger charge is -2.41. The Hall–Kier alpha value is -0.120. The van der Waals surface area contributed by atoms with Gasteiger partial charge in [0.2, 0.25) is 0 Å². The van der Waals surface area contributed by atoms with Gasteiger partial charge in [0.1, 0.15) is 0 Å². The zero-order valence-corrected chi connectivity index (χ0v) is 12.9. The minimum absolute atomic E-state index is 0.525. The fraction of sp³-hybridized carbons (Fsp3) is 1.00. The highest BCUT2D eigenvalue weighted by Gasteiger charge is 2.32. The molecule has 112 valence electrons. The van der Waals surface area contributed by atoms with E-state index in [1.807, 2.05) is 0 Å². The van der Waals surface area contributed by atoms with Gasteiger partial charge >= 0.3 is 0 Å². The highest BCUT2D eigenvalue weighted by molar-refractivity contribution is 4.88. The average Bonchev–Trinajstić information content (AvgIpc) is 2.40. The van der Waals surface area contributed by atoms with Crippen LogP contribution in [-0.4, -0.2) is 51.3 Å². The maximum Gasteiger partial charge on any atom is 0.0506 e. The molecule has 1 N–H and O–H groups in total. The number of hydrogen-bond donors (Lipinski definition) is 1. The highest BCUT2D eigenvalue weighted by atomic mass is 16.5. The van der Waals surface area contributed by atoms with Crippen LogP contribution in [0.2, 0.25) is 0 Å². The van der Waals surface area contributed by atoms with Crippen LogP contribution in [0.4, 0.5) is 0 Å². The molecule has 3 heteroatoms. The van der Waals surface area contributed by atoms with E-state index in [2.05, 4.69) is 24.2 Å². The van der Waals surface area contributed by atoms with Gasteiger partial charge in [-0.1, -0.05) is 13.3 Å². The van der Waals surface area contributed by atoms with E-state index in [0.29, 0.717) is 5.41 Å². The van der Waals surface area contributed by atoms with Gasteiger partial charge in [0.15, 0.2) is 0 Å². The number of hydrogen-bond acceptors (Lipinski definition) is 3. The minimum atomic E-state index is 0.525. The molecule has 3 nitrogen and oxygen atoms in total. The quantitative estimate of drug-likeness (QED) is 0.801. The Balaban J connectivity index is 1.81. The number of ether oxygens (including phenoxy) is 1. The summed E-state index contributed by atoms with van der Waals surface area (Å²) in [5, 5.41) is 3.62. The number of nitrogens with zero attached hydrogens (tertiary/aromatic N) is 1. The van der Waals surface area contributed by atoms with Crippen molar-refractivity contribution >= 4 is 0 Å². The van der Waals surface area contributed by atoms with Crippen molar-refractivity contribution in [1.29, 1.82) is 0 Å². The molecular formula is C16H32N2O. The summed E-state index contributed by atoms with van der Waals surface area (Å²) in [6, 6.07) is 0. The van der Waals surface area contributed by atoms with Crippen molar-refractivity contribution in [2.45, 2.75) is 45.4 Å². The van der Waals surface area contributed by atoms with Crippen LogP contribution in [0.3, 0.4) is 0 Å². The topological polar surface area (TPSA) is 24.5 Å². The molecule has 2 atom stereocenters. The first-order valence-corrected chi connectivity index (χ1v) is 8.21. The molecule has 0 aliphatic carbocycles. The summed E-state index contributed by atoms with van der Waals surface area (Å²) in [5.74, 6) is 0.758. The molecule has 0 aromatic heterocycles. The van der Waals surface area contributed by atoms with E-state index < -0.39 is 0 Å². The third-order valence-corrected chi connectivity index (χ3v) is 4.77. The van der Waals surface area contributed by atoms with Crippen molar-refractivity contribution in [3.05, 3.63) is 0 Å². The van der Waals surface area contributed by atoms with E-state index in [-0.39, 0.29) is 0 Å². The van der Waals surface area contributed by atoms with E-state index >= 15 is 0 Å². The molecular weight excluding hydrogens is 236 g/mol. The zero-order valence-electron chi connectivity index (χ0n) is 12.9. The van der Waals surface area contributed by atoms with E-state index in [1.54, 1.807) is 0 Å². The van der Waals surface area contributed by atoms with Gasteiger partial charge in [-0.3, -0.25) is 0 Å². The molecule has 0 radical (unpaired) electrons. The second-order valence-electron chi connectivity index (χ2n) is 6.81. The molecule has 2 heterocycles. The Morgan fingerprint density at radius 3 is 2.89 bits per heavy atom. The first-order chi connectivity index (χ1) is 9.24. The van der Waals surface area contributed by atoms with Crippen LogP contribution < -0.4 is 5.32 Å². The molecule has 2 aliphatic heterocycles. The van der Waals surface area contributed by atoms with Crippen molar-refractivity contribution in [1.82, 2.24) is 10.2 Å². The Labute approximate surface area is 119 Å².